The number of hydrogen-bond acceptors (Lipinski definition) is 5. The highest BCUT2D eigenvalue weighted by molar-refractivity contribution is 9.10. The molecule has 134 valence electrons. The maximum absolute atomic E-state index is 12.9. The van der Waals surface area contributed by atoms with E-state index in [1.807, 2.05) is 6.07 Å². The van der Waals surface area contributed by atoms with Crippen molar-refractivity contribution in [1.82, 2.24) is 9.29 Å². The molecule has 0 atom stereocenters. The second kappa shape index (κ2) is 6.93. The first kappa shape index (κ1) is 18.2. The summed E-state index contributed by atoms with van der Waals surface area (Å²) in [6.45, 7) is 6.31. The maximum Gasteiger partial charge on any atom is 0.246 e. The normalized spacial score (nSPS) is 16.2. The fourth-order valence-corrected chi connectivity index (χ4v) is 5.02. The van der Waals surface area contributed by atoms with Crippen LogP contribution in [0.4, 0.5) is 11.5 Å². The Labute approximate surface area is 156 Å². The zero-order chi connectivity index (χ0) is 18.2. The Morgan fingerprint density at radius 3 is 2.52 bits per heavy atom. The number of sulfonamides is 1. The van der Waals surface area contributed by atoms with Gasteiger partial charge in [-0.25, -0.2) is 13.4 Å². The number of nitrogens with zero attached hydrogens (tertiary/aromatic N) is 3. The summed E-state index contributed by atoms with van der Waals surface area (Å²) in [5, 5.41) is 0. The second-order valence-corrected chi connectivity index (χ2v) is 8.97. The Morgan fingerprint density at radius 2 is 1.84 bits per heavy atom. The van der Waals surface area contributed by atoms with Crippen LogP contribution in [0.5, 0.6) is 0 Å². The number of rotatable bonds is 3. The van der Waals surface area contributed by atoms with E-state index < -0.39 is 10.0 Å². The molecule has 3 rings (SSSR count). The van der Waals surface area contributed by atoms with Crippen LogP contribution < -0.4 is 10.6 Å². The SMILES string of the molecule is Cc1cccc(N2CCN(S(=O)(=O)c3cc(Br)cnc3N)CC2)c1C. The third-order valence-corrected chi connectivity index (χ3v) is 6.98. The Balaban J connectivity index is 1.80. The standard InChI is InChI=1S/C17H21BrN4O2S/c1-12-4-3-5-15(13(12)2)21-6-8-22(9-7-21)25(23,24)16-10-14(18)11-20-17(16)19/h3-5,10-11H,6-9H2,1-2H3,(H2,19,20). The predicted molar refractivity (Wildman–Crippen MR) is 103 cm³/mol. The smallest absolute Gasteiger partial charge is 0.246 e. The van der Waals surface area contributed by atoms with E-state index in [9.17, 15) is 8.42 Å². The quantitative estimate of drug-likeness (QED) is 0.818. The number of hydrogen-bond donors (Lipinski definition) is 1. The van der Waals surface area contributed by atoms with Crippen molar-refractivity contribution in [3.05, 3.63) is 46.1 Å². The summed E-state index contributed by atoms with van der Waals surface area (Å²) in [4.78, 5) is 6.23. The number of pyridine rings is 1. The summed E-state index contributed by atoms with van der Waals surface area (Å²) in [7, 11) is -3.65. The second-order valence-electron chi connectivity index (χ2n) is 6.15. The van der Waals surface area contributed by atoms with Gasteiger partial charge in [0.05, 0.1) is 0 Å². The maximum atomic E-state index is 12.9. The van der Waals surface area contributed by atoms with Gasteiger partial charge in [0.15, 0.2) is 0 Å². The van der Waals surface area contributed by atoms with E-state index in [1.54, 1.807) is 0 Å². The molecule has 6 nitrogen and oxygen atoms in total. The van der Waals surface area contributed by atoms with Crippen molar-refractivity contribution in [3.8, 4) is 0 Å². The molecule has 0 spiro atoms. The largest absolute Gasteiger partial charge is 0.383 e. The van der Waals surface area contributed by atoms with Gasteiger partial charge in [0.25, 0.3) is 0 Å². The van der Waals surface area contributed by atoms with Gasteiger partial charge in [-0.05, 0) is 53.0 Å². The van der Waals surface area contributed by atoms with Crippen LogP contribution in [-0.4, -0.2) is 43.9 Å². The average molecular weight is 425 g/mol. The highest BCUT2D eigenvalue weighted by Crippen LogP contribution is 2.27. The molecule has 1 aliphatic heterocycles. The number of aromatic nitrogens is 1. The minimum atomic E-state index is -3.65. The molecule has 1 aliphatic rings. The van der Waals surface area contributed by atoms with E-state index in [-0.39, 0.29) is 10.7 Å². The van der Waals surface area contributed by atoms with Crippen molar-refractivity contribution < 1.29 is 8.42 Å². The van der Waals surface area contributed by atoms with Crippen LogP contribution >= 0.6 is 15.9 Å². The summed E-state index contributed by atoms with van der Waals surface area (Å²) in [5.74, 6) is 0.0279. The van der Waals surface area contributed by atoms with Crippen LogP contribution in [0.3, 0.4) is 0 Å². The first-order chi connectivity index (χ1) is 11.8. The molecule has 0 saturated carbocycles. The van der Waals surface area contributed by atoms with Crippen LogP contribution in [0.2, 0.25) is 0 Å². The Kier molecular flexibility index (Phi) is 5.04. The van der Waals surface area contributed by atoms with E-state index in [0.29, 0.717) is 30.7 Å². The van der Waals surface area contributed by atoms with Crippen LogP contribution in [0.15, 0.2) is 39.8 Å². The van der Waals surface area contributed by atoms with Crippen molar-refractivity contribution in [2.45, 2.75) is 18.7 Å². The van der Waals surface area contributed by atoms with Crippen LogP contribution in [0.25, 0.3) is 0 Å². The fraction of sp³-hybridized carbons (Fsp3) is 0.353. The minimum Gasteiger partial charge on any atom is -0.383 e. The minimum absolute atomic E-state index is 0.0279. The molecule has 0 amide bonds. The van der Waals surface area contributed by atoms with Gasteiger partial charge in [0.2, 0.25) is 10.0 Å². The van der Waals surface area contributed by atoms with Gasteiger partial charge in [0.1, 0.15) is 10.7 Å². The molecule has 2 heterocycles. The van der Waals surface area contributed by atoms with E-state index in [0.717, 1.165) is 0 Å². The van der Waals surface area contributed by atoms with Gasteiger partial charge in [-0.1, -0.05) is 12.1 Å². The molecule has 0 unspecified atom stereocenters. The molecule has 0 radical (unpaired) electrons. The molecule has 2 N–H and O–H groups in total. The highest BCUT2D eigenvalue weighted by atomic mass is 79.9. The number of nitrogens with two attached hydrogens (primary N) is 1. The molecule has 1 saturated heterocycles. The third kappa shape index (κ3) is 3.51. The number of anilines is 2. The summed E-state index contributed by atoms with van der Waals surface area (Å²) in [6.07, 6.45) is 1.49. The van der Waals surface area contributed by atoms with Gasteiger partial charge in [-0.3, -0.25) is 0 Å². The Bertz CT molecular complexity index is 894. The fourth-order valence-electron chi connectivity index (χ4n) is 3.02. The van der Waals surface area contributed by atoms with Gasteiger partial charge < -0.3 is 10.6 Å². The number of aryl methyl sites for hydroxylation is 1. The number of piperazine rings is 1. The summed E-state index contributed by atoms with van der Waals surface area (Å²) >= 11 is 3.26. The van der Waals surface area contributed by atoms with Gasteiger partial charge >= 0.3 is 0 Å². The monoisotopic (exact) mass is 424 g/mol. The highest BCUT2D eigenvalue weighted by Gasteiger charge is 2.31. The first-order valence-electron chi connectivity index (χ1n) is 8.03. The summed E-state index contributed by atoms with van der Waals surface area (Å²) < 4.78 is 27.9. The zero-order valence-electron chi connectivity index (χ0n) is 14.2. The van der Waals surface area contributed by atoms with Gasteiger partial charge in [-0.15, -0.1) is 0 Å². The van der Waals surface area contributed by atoms with Crippen LogP contribution in [0.1, 0.15) is 11.1 Å². The molecule has 1 aromatic heterocycles. The predicted octanol–water partition coefficient (Wildman–Crippen LogP) is 2.55. The molecule has 2 aromatic rings. The van der Waals surface area contributed by atoms with Crippen molar-refractivity contribution in [2.75, 3.05) is 36.8 Å². The van der Waals surface area contributed by atoms with Crippen molar-refractivity contribution in [2.24, 2.45) is 0 Å². The molecule has 1 fully saturated rings. The van der Waals surface area contributed by atoms with Crippen LogP contribution in [0, 0.1) is 13.8 Å². The summed E-state index contributed by atoms with van der Waals surface area (Å²) in [6, 6.07) is 7.72. The topological polar surface area (TPSA) is 79.5 Å². The number of halogens is 1. The van der Waals surface area contributed by atoms with Crippen LogP contribution in [-0.2, 0) is 10.0 Å². The molecular weight excluding hydrogens is 404 g/mol. The Hall–Kier alpha value is -1.64. The number of nitrogen functional groups attached to an aromatic ring is 1. The zero-order valence-corrected chi connectivity index (χ0v) is 16.6. The lowest BCUT2D eigenvalue weighted by Gasteiger charge is -2.36. The molecular formula is C17H21BrN4O2S. The number of benzene rings is 1. The molecule has 25 heavy (non-hydrogen) atoms. The molecule has 0 aliphatic carbocycles. The van der Waals surface area contributed by atoms with E-state index in [2.05, 4.69) is 51.8 Å². The lowest BCUT2D eigenvalue weighted by molar-refractivity contribution is 0.385. The van der Waals surface area contributed by atoms with E-state index in [1.165, 1.54) is 33.4 Å². The Morgan fingerprint density at radius 1 is 1.16 bits per heavy atom. The molecule has 8 heteroatoms. The van der Waals surface area contributed by atoms with Crippen molar-refractivity contribution in [3.63, 3.8) is 0 Å². The van der Waals surface area contributed by atoms with Crippen molar-refractivity contribution >= 4 is 37.5 Å². The summed E-state index contributed by atoms with van der Waals surface area (Å²) in [5.41, 5.74) is 9.43. The van der Waals surface area contributed by atoms with Gasteiger partial charge in [-0.2, -0.15) is 4.31 Å². The first-order valence-corrected chi connectivity index (χ1v) is 10.3. The lowest BCUT2D eigenvalue weighted by Crippen LogP contribution is -2.49. The van der Waals surface area contributed by atoms with Crippen molar-refractivity contribution in [1.29, 1.82) is 0 Å². The van der Waals surface area contributed by atoms with E-state index >= 15 is 0 Å². The third-order valence-electron chi connectivity index (χ3n) is 4.62. The molecule has 0 bridgehead atoms. The average Bonchev–Trinajstić information content (AvgIpc) is 2.59. The molecule has 1 aromatic carbocycles. The van der Waals surface area contributed by atoms with Gasteiger partial charge in [0, 0.05) is 42.5 Å². The van der Waals surface area contributed by atoms with E-state index in [4.69, 9.17) is 5.73 Å². The lowest BCUT2D eigenvalue weighted by atomic mass is 10.1.